The number of nitrogens with zero attached hydrogens (tertiary/aromatic N) is 1. The third kappa shape index (κ3) is 2.89. The van der Waals surface area contributed by atoms with E-state index in [-0.39, 0.29) is 11.7 Å². The molecule has 0 atom stereocenters. The maximum Gasteiger partial charge on any atom is 0.284 e. The molecule has 5 aromatic rings. The SMILES string of the molecule is CC(C)c1ccccc1NC(=O)c1ccc2[nH]c3c4[n+](ccc3c2c1)-c1ccccc1C4=O. The molecule has 0 spiro atoms. The molecule has 5 heteroatoms. The highest BCUT2D eigenvalue weighted by Gasteiger charge is 2.38. The van der Waals surface area contributed by atoms with Crippen LogP contribution in [0.2, 0.25) is 0 Å². The van der Waals surface area contributed by atoms with Gasteiger partial charge in [0.25, 0.3) is 17.4 Å². The van der Waals surface area contributed by atoms with Gasteiger partial charge in [0, 0.05) is 39.7 Å². The number of ketones is 1. The number of fused-ring (bicyclic) bond motifs is 7. The van der Waals surface area contributed by atoms with Crippen molar-refractivity contribution in [2.75, 3.05) is 5.32 Å². The number of aromatic amines is 1. The number of para-hydroxylation sites is 2. The lowest BCUT2D eigenvalue weighted by Crippen LogP contribution is -2.31. The van der Waals surface area contributed by atoms with E-state index >= 15 is 0 Å². The van der Waals surface area contributed by atoms with Crippen LogP contribution in [0.15, 0.2) is 79.0 Å². The van der Waals surface area contributed by atoms with Crippen LogP contribution in [0.1, 0.15) is 51.7 Å². The Morgan fingerprint density at radius 3 is 2.58 bits per heavy atom. The molecule has 3 heterocycles. The van der Waals surface area contributed by atoms with Gasteiger partial charge in [-0.05, 0) is 41.8 Å². The van der Waals surface area contributed by atoms with Gasteiger partial charge >= 0.3 is 0 Å². The van der Waals surface area contributed by atoms with E-state index in [9.17, 15) is 9.59 Å². The fourth-order valence-corrected chi connectivity index (χ4v) is 4.79. The van der Waals surface area contributed by atoms with E-state index in [0.717, 1.165) is 38.7 Å². The average Bonchev–Trinajstić information content (AvgIpc) is 3.34. The van der Waals surface area contributed by atoms with E-state index < -0.39 is 0 Å². The minimum absolute atomic E-state index is 0.00557. The van der Waals surface area contributed by atoms with Gasteiger partial charge in [-0.15, -0.1) is 0 Å². The molecular formula is C28H22N3O2+. The molecular weight excluding hydrogens is 410 g/mol. The van der Waals surface area contributed by atoms with Gasteiger partial charge in [0.15, 0.2) is 6.20 Å². The molecule has 0 radical (unpaired) electrons. The Balaban J connectivity index is 1.44. The van der Waals surface area contributed by atoms with Crippen molar-refractivity contribution < 1.29 is 14.2 Å². The Morgan fingerprint density at radius 1 is 0.939 bits per heavy atom. The first-order chi connectivity index (χ1) is 16.0. The van der Waals surface area contributed by atoms with E-state index in [4.69, 9.17) is 0 Å². The van der Waals surface area contributed by atoms with Crippen LogP contribution >= 0.6 is 0 Å². The molecule has 2 N–H and O–H groups in total. The molecule has 0 saturated carbocycles. The van der Waals surface area contributed by atoms with Gasteiger partial charge in [-0.25, -0.2) is 0 Å². The standard InChI is InChI=1S/C28H21N3O2/c1-16(2)18-7-3-5-9-22(18)30-28(33)17-11-12-23-21(15-17)19-13-14-31-24-10-6-4-8-20(24)27(32)26(31)25(19)29-23/h3-16H,1-2H3,(H,30,33)/p+1. The lowest BCUT2D eigenvalue weighted by atomic mass is 10.0. The smallest absolute Gasteiger partial charge is 0.284 e. The number of hydrogen-bond acceptors (Lipinski definition) is 2. The molecule has 0 saturated heterocycles. The highest BCUT2D eigenvalue weighted by Crippen LogP contribution is 2.32. The van der Waals surface area contributed by atoms with E-state index in [2.05, 4.69) is 24.1 Å². The topological polar surface area (TPSA) is 65.8 Å². The quantitative estimate of drug-likeness (QED) is 0.362. The summed E-state index contributed by atoms with van der Waals surface area (Å²) >= 11 is 0. The number of anilines is 1. The Bertz CT molecular complexity index is 1610. The van der Waals surface area contributed by atoms with Crippen molar-refractivity contribution >= 4 is 39.2 Å². The predicted molar refractivity (Wildman–Crippen MR) is 129 cm³/mol. The highest BCUT2D eigenvalue weighted by molar-refractivity contribution is 6.21. The van der Waals surface area contributed by atoms with Crippen molar-refractivity contribution in [2.45, 2.75) is 19.8 Å². The maximum atomic E-state index is 13.1. The fraction of sp³-hybridized carbons (Fsp3) is 0.107. The Hall–Kier alpha value is -4.25. The first-order valence-corrected chi connectivity index (χ1v) is 11.1. The van der Waals surface area contributed by atoms with Gasteiger partial charge < -0.3 is 10.3 Å². The van der Waals surface area contributed by atoms with Crippen molar-refractivity contribution in [2.24, 2.45) is 0 Å². The summed E-state index contributed by atoms with van der Waals surface area (Å²) in [7, 11) is 0. The zero-order chi connectivity index (χ0) is 22.7. The maximum absolute atomic E-state index is 13.1. The lowest BCUT2D eigenvalue weighted by Gasteiger charge is -2.13. The van der Waals surface area contributed by atoms with E-state index in [1.54, 1.807) is 0 Å². The van der Waals surface area contributed by atoms with Crippen molar-refractivity contribution in [1.29, 1.82) is 0 Å². The van der Waals surface area contributed by atoms with Crippen LogP contribution in [0, 0.1) is 0 Å². The molecule has 6 rings (SSSR count). The molecule has 0 bridgehead atoms. The fourth-order valence-electron chi connectivity index (χ4n) is 4.79. The minimum atomic E-state index is -0.154. The van der Waals surface area contributed by atoms with E-state index in [1.807, 2.05) is 83.6 Å². The lowest BCUT2D eigenvalue weighted by molar-refractivity contribution is -0.592. The summed E-state index contributed by atoms with van der Waals surface area (Å²) in [5.41, 5.74) is 6.40. The Morgan fingerprint density at radius 2 is 1.73 bits per heavy atom. The summed E-state index contributed by atoms with van der Waals surface area (Å²) in [5.74, 6) is 0.156. The number of carbonyl (C=O) groups excluding carboxylic acids is 2. The van der Waals surface area contributed by atoms with Crippen molar-refractivity contribution in [3.8, 4) is 5.69 Å². The van der Waals surface area contributed by atoms with Gasteiger partial charge in [-0.2, -0.15) is 4.57 Å². The van der Waals surface area contributed by atoms with Crippen LogP contribution in [0.4, 0.5) is 5.69 Å². The molecule has 5 nitrogen and oxygen atoms in total. The van der Waals surface area contributed by atoms with Gasteiger partial charge in [-0.1, -0.05) is 44.2 Å². The molecule has 1 aliphatic rings. The third-order valence-electron chi connectivity index (χ3n) is 6.42. The van der Waals surface area contributed by atoms with Crippen molar-refractivity contribution in [3.05, 3.63) is 101 Å². The average molecular weight is 433 g/mol. The third-order valence-corrected chi connectivity index (χ3v) is 6.42. The summed E-state index contributed by atoms with van der Waals surface area (Å²) in [6.45, 7) is 4.22. The van der Waals surface area contributed by atoms with Gasteiger partial charge in [0.1, 0.15) is 11.1 Å². The summed E-state index contributed by atoms with van der Waals surface area (Å²) in [6.07, 6.45) is 1.93. The first-order valence-electron chi connectivity index (χ1n) is 11.1. The van der Waals surface area contributed by atoms with Crippen LogP contribution in [-0.4, -0.2) is 16.7 Å². The molecule has 1 amide bonds. The molecule has 1 aliphatic heterocycles. The summed E-state index contributed by atoms with van der Waals surface area (Å²) < 4.78 is 1.94. The van der Waals surface area contributed by atoms with Gasteiger partial charge in [0.2, 0.25) is 5.69 Å². The minimum Gasteiger partial charge on any atom is -0.349 e. The molecule has 0 aliphatic carbocycles. The molecule has 160 valence electrons. The number of pyridine rings is 1. The number of amides is 1. The van der Waals surface area contributed by atoms with Crippen molar-refractivity contribution in [3.63, 3.8) is 0 Å². The molecule has 3 aromatic carbocycles. The van der Waals surface area contributed by atoms with E-state index in [1.165, 1.54) is 0 Å². The first kappa shape index (κ1) is 19.4. The van der Waals surface area contributed by atoms with Crippen LogP contribution in [-0.2, 0) is 0 Å². The van der Waals surface area contributed by atoms with Crippen LogP contribution in [0.3, 0.4) is 0 Å². The second kappa shape index (κ2) is 7.14. The number of benzene rings is 3. The van der Waals surface area contributed by atoms with Gasteiger partial charge in [-0.3, -0.25) is 9.59 Å². The molecule has 0 fully saturated rings. The van der Waals surface area contributed by atoms with Crippen LogP contribution < -0.4 is 9.88 Å². The number of aromatic nitrogens is 2. The molecule has 2 aromatic heterocycles. The number of nitrogens with one attached hydrogen (secondary N) is 2. The van der Waals surface area contributed by atoms with Gasteiger partial charge in [0.05, 0.1) is 0 Å². The predicted octanol–water partition coefficient (Wildman–Crippen LogP) is 5.52. The monoisotopic (exact) mass is 432 g/mol. The number of H-pyrrole nitrogens is 1. The largest absolute Gasteiger partial charge is 0.349 e. The normalized spacial score (nSPS) is 12.4. The van der Waals surface area contributed by atoms with Crippen LogP contribution in [0.25, 0.3) is 27.5 Å². The van der Waals surface area contributed by atoms with E-state index in [0.29, 0.717) is 22.7 Å². The highest BCUT2D eigenvalue weighted by atomic mass is 16.1. The zero-order valence-electron chi connectivity index (χ0n) is 18.3. The second-order valence-corrected chi connectivity index (χ2v) is 8.75. The summed E-state index contributed by atoms with van der Waals surface area (Å²) in [4.78, 5) is 29.6. The number of carbonyl (C=O) groups is 2. The molecule has 0 unspecified atom stereocenters. The number of hydrogen-bond donors (Lipinski definition) is 2. The number of rotatable bonds is 3. The Kier molecular flexibility index (Phi) is 4.20. The van der Waals surface area contributed by atoms with Crippen molar-refractivity contribution in [1.82, 2.24) is 4.98 Å². The zero-order valence-corrected chi connectivity index (χ0v) is 18.3. The summed E-state index contributed by atoms with van der Waals surface area (Å²) in [5, 5.41) is 4.91. The molecule has 33 heavy (non-hydrogen) atoms. The summed E-state index contributed by atoms with van der Waals surface area (Å²) in [6, 6.07) is 23.1. The Labute approximate surface area is 190 Å². The second-order valence-electron chi connectivity index (χ2n) is 8.75. The van der Waals surface area contributed by atoms with Crippen LogP contribution in [0.5, 0.6) is 0 Å².